The summed E-state index contributed by atoms with van der Waals surface area (Å²) in [5.74, 6) is 0. The lowest BCUT2D eigenvalue weighted by molar-refractivity contribution is 0.0209. The summed E-state index contributed by atoms with van der Waals surface area (Å²) < 4.78 is 7.06. The molecule has 0 N–H and O–H groups in total. The fraction of sp³-hybridized carbons (Fsp3) is 0.750. The molecule has 1 aromatic rings. The van der Waals surface area contributed by atoms with E-state index in [1.54, 1.807) is 22.0 Å². The van der Waals surface area contributed by atoms with Crippen LogP contribution in [-0.2, 0) is 11.3 Å². The van der Waals surface area contributed by atoms with E-state index in [1.165, 1.54) is 0 Å². The van der Waals surface area contributed by atoms with Gasteiger partial charge in [-0.05, 0) is 32.7 Å². The van der Waals surface area contributed by atoms with Crippen molar-refractivity contribution in [1.82, 2.24) is 19.9 Å². The Balaban J connectivity index is 2.10. The van der Waals surface area contributed by atoms with Crippen molar-refractivity contribution >= 4 is 6.09 Å². The molecule has 2 rings (SSSR count). The van der Waals surface area contributed by atoms with E-state index >= 15 is 0 Å². The molecular formula is C12H19N7O2. The number of aromatic nitrogens is 3. The third-order valence-corrected chi connectivity index (χ3v) is 3.11. The highest BCUT2D eigenvalue weighted by atomic mass is 16.6. The molecule has 2 atom stereocenters. The van der Waals surface area contributed by atoms with Crippen LogP contribution in [-0.4, -0.2) is 50.2 Å². The number of azide groups is 1. The van der Waals surface area contributed by atoms with Gasteiger partial charge in [-0.25, -0.2) is 4.79 Å². The third kappa shape index (κ3) is 4.09. The zero-order valence-corrected chi connectivity index (χ0v) is 12.4. The molecular weight excluding hydrogens is 274 g/mol. The molecule has 9 heteroatoms. The molecule has 0 bridgehead atoms. The Morgan fingerprint density at radius 1 is 1.57 bits per heavy atom. The molecule has 0 saturated carbocycles. The lowest BCUT2D eigenvalue weighted by Crippen LogP contribution is -2.41. The number of rotatable bonds is 3. The van der Waals surface area contributed by atoms with Crippen LogP contribution >= 0.6 is 0 Å². The van der Waals surface area contributed by atoms with Gasteiger partial charge in [-0.1, -0.05) is 10.3 Å². The highest BCUT2D eigenvalue weighted by molar-refractivity contribution is 5.69. The minimum absolute atomic E-state index is 0.128. The van der Waals surface area contributed by atoms with Crippen LogP contribution in [0.15, 0.2) is 17.5 Å². The second-order valence-corrected chi connectivity index (χ2v) is 6.01. The van der Waals surface area contributed by atoms with Crippen molar-refractivity contribution in [3.63, 3.8) is 0 Å². The van der Waals surface area contributed by atoms with E-state index in [0.717, 1.165) is 0 Å². The smallest absolute Gasteiger partial charge is 0.410 e. The number of nitrogens with zero attached hydrogens (tertiary/aromatic N) is 7. The lowest BCUT2D eigenvalue weighted by Gasteiger charge is -2.28. The standard InChI is InChI=1S/C12H19N7O2/c1-12(2,3)21-11(20)19-7-9(15-16-13)6-10(19)8-18-5-4-14-17-18/h4-5,9-10H,6-8H2,1-3H3/t9?,10-/m1/s1. The highest BCUT2D eigenvalue weighted by Crippen LogP contribution is 2.24. The van der Waals surface area contributed by atoms with Crippen LogP contribution in [0.1, 0.15) is 27.2 Å². The normalized spacial score (nSPS) is 22.0. The molecule has 0 aromatic carbocycles. The summed E-state index contributed by atoms with van der Waals surface area (Å²) in [5, 5.41) is 11.4. The Hall–Kier alpha value is -2.28. The van der Waals surface area contributed by atoms with Crippen LogP contribution in [0.3, 0.4) is 0 Å². The van der Waals surface area contributed by atoms with E-state index in [9.17, 15) is 4.79 Å². The number of likely N-dealkylation sites (tertiary alicyclic amines) is 1. The zero-order valence-electron chi connectivity index (χ0n) is 12.4. The fourth-order valence-corrected chi connectivity index (χ4v) is 2.31. The van der Waals surface area contributed by atoms with Gasteiger partial charge in [0.15, 0.2) is 0 Å². The van der Waals surface area contributed by atoms with E-state index in [4.69, 9.17) is 10.3 Å². The monoisotopic (exact) mass is 293 g/mol. The lowest BCUT2D eigenvalue weighted by atomic mass is 10.2. The van der Waals surface area contributed by atoms with Crippen LogP contribution in [0.25, 0.3) is 10.4 Å². The first-order chi connectivity index (χ1) is 9.89. The van der Waals surface area contributed by atoms with Crippen molar-refractivity contribution in [3.05, 3.63) is 22.8 Å². The van der Waals surface area contributed by atoms with E-state index in [2.05, 4.69) is 20.3 Å². The van der Waals surface area contributed by atoms with E-state index in [1.807, 2.05) is 20.8 Å². The Labute approximate surface area is 122 Å². The number of carbonyl (C=O) groups is 1. The van der Waals surface area contributed by atoms with Crippen LogP contribution < -0.4 is 0 Å². The van der Waals surface area contributed by atoms with Crippen molar-refractivity contribution in [1.29, 1.82) is 0 Å². The Kier molecular flexibility index (Phi) is 4.32. The Morgan fingerprint density at radius 3 is 2.90 bits per heavy atom. The summed E-state index contributed by atoms with van der Waals surface area (Å²) in [6.07, 6.45) is 3.50. The molecule has 9 nitrogen and oxygen atoms in total. The summed E-state index contributed by atoms with van der Waals surface area (Å²) in [4.78, 5) is 16.7. The van der Waals surface area contributed by atoms with Crippen molar-refractivity contribution < 1.29 is 9.53 Å². The molecule has 1 aromatic heterocycles. The Morgan fingerprint density at radius 2 is 2.33 bits per heavy atom. The molecule has 1 saturated heterocycles. The molecule has 0 spiro atoms. The molecule has 1 amide bonds. The summed E-state index contributed by atoms with van der Waals surface area (Å²) in [6, 6.07) is -0.368. The molecule has 2 heterocycles. The second-order valence-electron chi connectivity index (χ2n) is 6.01. The largest absolute Gasteiger partial charge is 0.444 e. The van der Waals surface area contributed by atoms with Gasteiger partial charge in [-0.15, -0.1) is 5.10 Å². The van der Waals surface area contributed by atoms with Gasteiger partial charge in [0, 0.05) is 17.7 Å². The molecule has 1 unspecified atom stereocenters. The van der Waals surface area contributed by atoms with Gasteiger partial charge in [0.05, 0.1) is 24.8 Å². The molecule has 0 aliphatic carbocycles. The first-order valence-corrected chi connectivity index (χ1v) is 6.77. The summed E-state index contributed by atoms with van der Waals surface area (Å²) in [6.45, 7) is 6.31. The van der Waals surface area contributed by atoms with Gasteiger partial charge >= 0.3 is 6.09 Å². The highest BCUT2D eigenvalue weighted by Gasteiger charge is 2.37. The minimum atomic E-state index is -0.564. The molecule has 1 fully saturated rings. The van der Waals surface area contributed by atoms with Gasteiger partial charge in [0.1, 0.15) is 5.60 Å². The predicted molar refractivity (Wildman–Crippen MR) is 74.3 cm³/mol. The van der Waals surface area contributed by atoms with Crippen molar-refractivity contribution in [2.24, 2.45) is 5.11 Å². The maximum absolute atomic E-state index is 12.3. The van der Waals surface area contributed by atoms with E-state index in [0.29, 0.717) is 19.5 Å². The number of ether oxygens (including phenoxy) is 1. The zero-order chi connectivity index (χ0) is 15.5. The van der Waals surface area contributed by atoms with E-state index in [-0.39, 0.29) is 12.1 Å². The predicted octanol–water partition coefficient (Wildman–Crippen LogP) is 1.97. The number of carbonyl (C=O) groups excluding carboxylic acids is 1. The molecule has 21 heavy (non-hydrogen) atoms. The Bertz CT molecular complexity index is 530. The quantitative estimate of drug-likeness (QED) is 0.482. The third-order valence-electron chi connectivity index (χ3n) is 3.11. The van der Waals surface area contributed by atoms with Gasteiger partial charge in [0.25, 0.3) is 0 Å². The van der Waals surface area contributed by atoms with E-state index < -0.39 is 11.7 Å². The second kappa shape index (κ2) is 6.01. The average Bonchev–Trinajstić information content (AvgIpc) is 2.98. The van der Waals surface area contributed by atoms with Crippen LogP contribution in [0.4, 0.5) is 4.79 Å². The minimum Gasteiger partial charge on any atom is -0.444 e. The first kappa shape index (κ1) is 15.1. The van der Waals surface area contributed by atoms with Gasteiger partial charge in [-0.2, -0.15) is 0 Å². The fourth-order valence-electron chi connectivity index (χ4n) is 2.31. The van der Waals surface area contributed by atoms with Crippen molar-refractivity contribution in [2.45, 2.75) is 51.4 Å². The summed E-state index contributed by atoms with van der Waals surface area (Å²) in [7, 11) is 0. The van der Waals surface area contributed by atoms with Gasteiger partial charge in [-0.3, -0.25) is 4.68 Å². The van der Waals surface area contributed by atoms with Crippen LogP contribution in [0.2, 0.25) is 0 Å². The summed E-state index contributed by atoms with van der Waals surface area (Å²) >= 11 is 0. The molecule has 114 valence electrons. The molecule has 1 aliphatic heterocycles. The maximum atomic E-state index is 12.3. The topological polar surface area (TPSA) is 109 Å². The van der Waals surface area contributed by atoms with Gasteiger partial charge < -0.3 is 9.64 Å². The van der Waals surface area contributed by atoms with Crippen molar-refractivity contribution in [2.75, 3.05) is 6.54 Å². The number of hydrogen-bond acceptors (Lipinski definition) is 5. The number of hydrogen-bond donors (Lipinski definition) is 0. The summed E-state index contributed by atoms with van der Waals surface area (Å²) in [5.41, 5.74) is 8.01. The average molecular weight is 293 g/mol. The van der Waals surface area contributed by atoms with Crippen LogP contribution in [0, 0.1) is 0 Å². The van der Waals surface area contributed by atoms with Gasteiger partial charge in [0.2, 0.25) is 0 Å². The molecule has 0 radical (unpaired) electrons. The SMILES string of the molecule is CC(C)(C)OC(=O)N1CC(N=[N+]=[N-])C[C@@H]1Cn1ccnn1. The van der Waals surface area contributed by atoms with Crippen LogP contribution in [0.5, 0.6) is 0 Å². The first-order valence-electron chi connectivity index (χ1n) is 6.77. The molecule has 1 aliphatic rings. The maximum Gasteiger partial charge on any atom is 0.410 e. The van der Waals surface area contributed by atoms with Crippen molar-refractivity contribution in [3.8, 4) is 0 Å². The number of amides is 1.